The van der Waals surface area contributed by atoms with Gasteiger partial charge in [-0.2, -0.15) is 0 Å². The maximum absolute atomic E-state index is 9.87. The Labute approximate surface area is 81.4 Å². The molecule has 1 aromatic carbocycles. The molecule has 0 amide bonds. The highest BCUT2D eigenvalue weighted by molar-refractivity contribution is 5.81. The molecular formula is C10H12N2O2. The lowest BCUT2D eigenvalue weighted by atomic mass is 9.94. The molecule has 0 fully saturated rings. The van der Waals surface area contributed by atoms with Crippen molar-refractivity contribution >= 4 is 11.1 Å². The minimum atomic E-state index is -0.586. The molecule has 0 saturated carbocycles. The maximum Gasteiger partial charge on any atom is 0.182 e. The molecule has 1 heterocycles. The normalized spacial score (nSPS) is 12.2. The van der Waals surface area contributed by atoms with Gasteiger partial charge in [0.05, 0.1) is 0 Å². The molecule has 0 spiro atoms. The maximum atomic E-state index is 9.87. The van der Waals surface area contributed by atoms with Gasteiger partial charge in [-0.25, -0.2) is 4.98 Å². The van der Waals surface area contributed by atoms with E-state index in [4.69, 9.17) is 10.2 Å². The summed E-state index contributed by atoms with van der Waals surface area (Å²) < 4.78 is 5.05. The topological polar surface area (TPSA) is 72.3 Å². The SMILES string of the molecule is CC(C)(N)c1ccc2ocnc2c1O. The first kappa shape index (κ1) is 9.02. The third-order valence-corrected chi connectivity index (χ3v) is 2.17. The Kier molecular flexibility index (Phi) is 1.75. The monoisotopic (exact) mass is 192 g/mol. The van der Waals surface area contributed by atoms with Gasteiger partial charge in [0.25, 0.3) is 0 Å². The average Bonchev–Trinajstić information content (AvgIpc) is 2.50. The predicted molar refractivity (Wildman–Crippen MR) is 52.9 cm³/mol. The largest absolute Gasteiger partial charge is 0.505 e. The van der Waals surface area contributed by atoms with Crippen molar-refractivity contribution < 1.29 is 9.52 Å². The number of phenols is 1. The van der Waals surface area contributed by atoms with Gasteiger partial charge in [-0.3, -0.25) is 0 Å². The zero-order valence-electron chi connectivity index (χ0n) is 8.11. The van der Waals surface area contributed by atoms with Crippen LogP contribution in [0.4, 0.5) is 0 Å². The molecule has 0 unspecified atom stereocenters. The van der Waals surface area contributed by atoms with Crippen LogP contribution in [0.1, 0.15) is 19.4 Å². The fourth-order valence-electron chi connectivity index (χ4n) is 1.44. The standard InChI is InChI=1S/C10H12N2O2/c1-10(2,11)6-3-4-7-8(9(6)13)12-5-14-7/h3-5,13H,11H2,1-2H3. The Balaban J connectivity index is 2.74. The van der Waals surface area contributed by atoms with Crippen molar-refractivity contribution in [1.82, 2.24) is 4.98 Å². The van der Waals surface area contributed by atoms with E-state index in [1.165, 1.54) is 6.39 Å². The van der Waals surface area contributed by atoms with Crippen molar-refractivity contribution in [2.45, 2.75) is 19.4 Å². The minimum absolute atomic E-state index is 0.101. The molecule has 0 aliphatic rings. The Morgan fingerprint density at radius 1 is 1.43 bits per heavy atom. The molecule has 0 saturated heterocycles. The highest BCUT2D eigenvalue weighted by Crippen LogP contribution is 2.32. The molecule has 4 heteroatoms. The summed E-state index contributed by atoms with van der Waals surface area (Å²) in [6.45, 7) is 3.65. The van der Waals surface area contributed by atoms with Gasteiger partial charge in [0, 0.05) is 11.1 Å². The zero-order chi connectivity index (χ0) is 10.3. The molecule has 2 aromatic rings. The van der Waals surface area contributed by atoms with Gasteiger partial charge in [0.1, 0.15) is 5.75 Å². The number of oxazole rings is 1. The summed E-state index contributed by atoms with van der Waals surface area (Å²) in [7, 11) is 0. The van der Waals surface area contributed by atoms with Crippen LogP contribution in [-0.4, -0.2) is 10.1 Å². The van der Waals surface area contributed by atoms with E-state index >= 15 is 0 Å². The number of aromatic hydroxyl groups is 1. The van der Waals surface area contributed by atoms with Gasteiger partial charge in [-0.15, -0.1) is 0 Å². The van der Waals surface area contributed by atoms with Crippen LogP contribution < -0.4 is 5.73 Å². The lowest BCUT2D eigenvalue weighted by Gasteiger charge is -2.19. The zero-order valence-corrected chi connectivity index (χ0v) is 8.11. The number of phenolic OH excluding ortho intramolecular Hbond substituents is 1. The van der Waals surface area contributed by atoms with E-state index < -0.39 is 5.54 Å². The second kappa shape index (κ2) is 2.72. The van der Waals surface area contributed by atoms with Gasteiger partial charge < -0.3 is 15.3 Å². The first-order valence-corrected chi connectivity index (χ1v) is 4.34. The summed E-state index contributed by atoms with van der Waals surface area (Å²) in [5.74, 6) is 0.101. The van der Waals surface area contributed by atoms with Crippen molar-refractivity contribution in [1.29, 1.82) is 0 Å². The number of nitrogens with zero attached hydrogens (tertiary/aromatic N) is 1. The summed E-state index contributed by atoms with van der Waals surface area (Å²) in [5.41, 5.74) is 7.00. The predicted octanol–water partition coefficient (Wildman–Crippen LogP) is 1.73. The third kappa shape index (κ3) is 1.24. The molecule has 0 atom stereocenters. The third-order valence-electron chi connectivity index (χ3n) is 2.17. The van der Waals surface area contributed by atoms with Crippen LogP contribution in [0.5, 0.6) is 5.75 Å². The number of hydrogen-bond donors (Lipinski definition) is 2. The van der Waals surface area contributed by atoms with Crippen molar-refractivity contribution in [3.8, 4) is 5.75 Å². The van der Waals surface area contributed by atoms with Crippen molar-refractivity contribution in [3.63, 3.8) is 0 Å². The molecule has 74 valence electrons. The van der Waals surface area contributed by atoms with E-state index in [9.17, 15) is 5.11 Å². The van der Waals surface area contributed by atoms with Crippen LogP contribution >= 0.6 is 0 Å². The summed E-state index contributed by atoms with van der Waals surface area (Å²) in [6, 6.07) is 3.51. The van der Waals surface area contributed by atoms with E-state index in [1.807, 2.05) is 13.8 Å². The van der Waals surface area contributed by atoms with E-state index in [-0.39, 0.29) is 5.75 Å². The van der Waals surface area contributed by atoms with Crippen LogP contribution in [0.15, 0.2) is 22.9 Å². The van der Waals surface area contributed by atoms with E-state index in [0.717, 1.165) is 0 Å². The first-order valence-electron chi connectivity index (χ1n) is 4.34. The van der Waals surface area contributed by atoms with Crippen LogP contribution in [-0.2, 0) is 5.54 Å². The quantitative estimate of drug-likeness (QED) is 0.721. The highest BCUT2D eigenvalue weighted by atomic mass is 16.3. The van der Waals surface area contributed by atoms with Gasteiger partial charge >= 0.3 is 0 Å². The molecule has 1 aromatic heterocycles. The fraction of sp³-hybridized carbons (Fsp3) is 0.300. The minimum Gasteiger partial charge on any atom is -0.505 e. The van der Waals surface area contributed by atoms with Crippen LogP contribution in [0.3, 0.4) is 0 Å². The second-order valence-electron chi connectivity index (χ2n) is 3.88. The van der Waals surface area contributed by atoms with Crippen LogP contribution in [0.2, 0.25) is 0 Å². The summed E-state index contributed by atoms with van der Waals surface area (Å²) in [4.78, 5) is 3.92. The molecule has 3 N–H and O–H groups in total. The van der Waals surface area contributed by atoms with Gasteiger partial charge in [0.15, 0.2) is 17.5 Å². The first-order chi connectivity index (χ1) is 6.50. The molecule has 0 aliphatic heterocycles. The summed E-state index contributed by atoms with van der Waals surface area (Å²) >= 11 is 0. The molecule has 4 nitrogen and oxygen atoms in total. The summed E-state index contributed by atoms with van der Waals surface area (Å²) in [5, 5.41) is 9.87. The summed E-state index contributed by atoms with van der Waals surface area (Å²) in [6.07, 6.45) is 1.30. The van der Waals surface area contributed by atoms with Crippen molar-refractivity contribution in [2.24, 2.45) is 5.73 Å². The van der Waals surface area contributed by atoms with Gasteiger partial charge in [0.2, 0.25) is 0 Å². The molecule has 14 heavy (non-hydrogen) atoms. The Hall–Kier alpha value is -1.55. The van der Waals surface area contributed by atoms with Crippen LogP contribution in [0.25, 0.3) is 11.1 Å². The number of hydrogen-bond acceptors (Lipinski definition) is 4. The van der Waals surface area contributed by atoms with Crippen molar-refractivity contribution in [3.05, 3.63) is 24.1 Å². The van der Waals surface area contributed by atoms with E-state index in [2.05, 4.69) is 4.98 Å². The lowest BCUT2D eigenvalue weighted by Crippen LogP contribution is -2.28. The molecule has 0 bridgehead atoms. The number of rotatable bonds is 1. The van der Waals surface area contributed by atoms with Crippen LogP contribution in [0, 0.1) is 0 Å². The molecule has 0 radical (unpaired) electrons. The average molecular weight is 192 g/mol. The highest BCUT2D eigenvalue weighted by Gasteiger charge is 2.21. The lowest BCUT2D eigenvalue weighted by molar-refractivity contribution is 0.445. The second-order valence-corrected chi connectivity index (χ2v) is 3.88. The van der Waals surface area contributed by atoms with Crippen molar-refractivity contribution in [2.75, 3.05) is 0 Å². The molecular weight excluding hydrogens is 180 g/mol. The van der Waals surface area contributed by atoms with E-state index in [0.29, 0.717) is 16.7 Å². The Morgan fingerprint density at radius 3 is 2.79 bits per heavy atom. The Morgan fingerprint density at radius 2 is 2.14 bits per heavy atom. The number of aromatic nitrogens is 1. The van der Waals surface area contributed by atoms with Gasteiger partial charge in [-0.1, -0.05) is 0 Å². The molecule has 2 rings (SSSR count). The smallest absolute Gasteiger partial charge is 0.182 e. The van der Waals surface area contributed by atoms with E-state index in [1.54, 1.807) is 12.1 Å². The molecule has 0 aliphatic carbocycles. The number of nitrogens with two attached hydrogens (primary N) is 1. The fourth-order valence-corrected chi connectivity index (χ4v) is 1.44. The number of fused-ring (bicyclic) bond motifs is 1. The van der Waals surface area contributed by atoms with Gasteiger partial charge in [-0.05, 0) is 26.0 Å². The number of benzene rings is 1. The Bertz CT molecular complexity index is 468.